The van der Waals surface area contributed by atoms with Gasteiger partial charge in [-0.3, -0.25) is 4.79 Å². The second-order valence-electron chi connectivity index (χ2n) is 7.53. The van der Waals surface area contributed by atoms with Gasteiger partial charge in [0.15, 0.2) is 5.43 Å². The van der Waals surface area contributed by atoms with Crippen molar-refractivity contribution in [3.8, 4) is 5.75 Å². The SMILES string of the molecule is Cc1ccc2sc3ccc(OCC(O)C[N+](C)(C)C)cc3c(=O)c2c1. The highest BCUT2D eigenvalue weighted by atomic mass is 32.1. The van der Waals surface area contributed by atoms with Gasteiger partial charge in [-0.1, -0.05) is 11.6 Å². The molecular weight excluding hydrogens is 334 g/mol. The fourth-order valence-corrected chi connectivity index (χ4v) is 3.95. The van der Waals surface area contributed by atoms with Gasteiger partial charge in [-0.05, 0) is 37.3 Å². The highest BCUT2D eigenvalue weighted by Crippen LogP contribution is 2.28. The van der Waals surface area contributed by atoms with Gasteiger partial charge in [0.2, 0.25) is 0 Å². The van der Waals surface area contributed by atoms with Crippen LogP contribution in [0, 0.1) is 6.92 Å². The van der Waals surface area contributed by atoms with Crippen LogP contribution in [-0.4, -0.2) is 50.0 Å². The van der Waals surface area contributed by atoms with E-state index in [4.69, 9.17) is 4.74 Å². The van der Waals surface area contributed by atoms with Gasteiger partial charge in [-0.15, -0.1) is 11.3 Å². The van der Waals surface area contributed by atoms with Crippen molar-refractivity contribution in [2.75, 3.05) is 34.3 Å². The van der Waals surface area contributed by atoms with E-state index in [0.29, 0.717) is 22.2 Å². The summed E-state index contributed by atoms with van der Waals surface area (Å²) in [5.74, 6) is 0.615. The van der Waals surface area contributed by atoms with Crippen LogP contribution in [0.5, 0.6) is 5.75 Å². The first-order chi connectivity index (χ1) is 11.7. The number of benzene rings is 2. The number of likely N-dealkylation sites (N-methyl/N-ethyl adjacent to an activating group) is 1. The summed E-state index contributed by atoms with van der Waals surface area (Å²) in [6.07, 6.45) is -0.551. The zero-order chi connectivity index (χ0) is 18.2. The molecule has 0 bridgehead atoms. The molecule has 2 aromatic carbocycles. The third kappa shape index (κ3) is 4.18. The molecular formula is C20H24NO3S+. The third-order valence-electron chi connectivity index (χ3n) is 4.00. The Kier molecular flexibility index (Phi) is 4.82. The van der Waals surface area contributed by atoms with E-state index in [1.54, 1.807) is 17.4 Å². The average molecular weight is 358 g/mol. The molecule has 4 nitrogen and oxygen atoms in total. The van der Waals surface area contributed by atoms with E-state index in [1.807, 2.05) is 58.4 Å². The summed E-state index contributed by atoms with van der Waals surface area (Å²) in [6, 6.07) is 11.5. The summed E-state index contributed by atoms with van der Waals surface area (Å²) >= 11 is 1.61. The summed E-state index contributed by atoms with van der Waals surface area (Å²) in [5.41, 5.74) is 1.11. The first kappa shape index (κ1) is 17.9. The van der Waals surface area contributed by atoms with Crippen LogP contribution in [0.3, 0.4) is 0 Å². The highest BCUT2D eigenvalue weighted by molar-refractivity contribution is 7.24. The predicted octanol–water partition coefficient (Wildman–Crippen LogP) is 3.17. The van der Waals surface area contributed by atoms with Crippen LogP contribution < -0.4 is 10.2 Å². The van der Waals surface area contributed by atoms with Gasteiger partial charge in [-0.2, -0.15) is 0 Å². The first-order valence-corrected chi connectivity index (χ1v) is 9.13. The molecule has 1 heterocycles. The molecule has 132 valence electrons. The Labute approximate surface area is 151 Å². The summed E-state index contributed by atoms with van der Waals surface area (Å²) in [4.78, 5) is 12.8. The molecule has 1 aromatic heterocycles. The van der Waals surface area contributed by atoms with Crippen LogP contribution in [0.15, 0.2) is 41.2 Å². The van der Waals surface area contributed by atoms with Crippen molar-refractivity contribution in [3.63, 3.8) is 0 Å². The standard InChI is InChI=1S/C20H24NO3S/c1-13-5-7-18-16(9-13)20(23)17-10-15(6-8-19(17)25-18)24-12-14(22)11-21(2,3)4/h5-10,14,22H,11-12H2,1-4H3/q+1. The normalized spacial score (nSPS) is 13.3. The van der Waals surface area contributed by atoms with E-state index in [1.165, 1.54) is 0 Å². The molecule has 1 atom stereocenters. The zero-order valence-corrected chi connectivity index (χ0v) is 15.9. The lowest BCUT2D eigenvalue weighted by molar-refractivity contribution is -0.873. The molecule has 3 aromatic rings. The smallest absolute Gasteiger partial charge is 0.196 e. The van der Waals surface area contributed by atoms with E-state index in [9.17, 15) is 9.90 Å². The Morgan fingerprint density at radius 2 is 1.72 bits per heavy atom. The molecule has 5 heteroatoms. The van der Waals surface area contributed by atoms with E-state index in [0.717, 1.165) is 20.3 Å². The lowest BCUT2D eigenvalue weighted by atomic mass is 10.1. The number of aliphatic hydroxyl groups is 1. The number of aryl methyl sites for hydroxylation is 1. The molecule has 0 aliphatic carbocycles. The summed E-state index contributed by atoms with van der Waals surface area (Å²) in [5, 5.41) is 11.5. The van der Waals surface area contributed by atoms with Crippen molar-refractivity contribution in [2.24, 2.45) is 0 Å². The minimum absolute atomic E-state index is 0.0322. The Morgan fingerprint density at radius 1 is 1.08 bits per heavy atom. The molecule has 0 amide bonds. The van der Waals surface area contributed by atoms with Crippen molar-refractivity contribution in [1.82, 2.24) is 0 Å². The summed E-state index contributed by atoms with van der Waals surface area (Å²) < 4.78 is 8.33. The van der Waals surface area contributed by atoms with Crippen molar-refractivity contribution < 1.29 is 14.3 Å². The van der Waals surface area contributed by atoms with Crippen LogP contribution >= 0.6 is 11.3 Å². The topological polar surface area (TPSA) is 46.5 Å². The second-order valence-corrected chi connectivity index (χ2v) is 8.61. The Balaban J connectivity index is 1.90. The largest absolute Gasteiger partial charge is 0.491 e. The van der Waals surface area contributed by atoms with Gasteiger partial charge >= 0.3 is 0 Å². The number of rotatable bonds is 5. The number of fused-ring (bicyclic) bond motifs is 2. The maximum absolute atomic E-state index is 12.8. The van der Waals surface area contributed by atoms with Gasteiger partial charge in [0.05, 0.1) is 21.1 Å². The number of hydrogen-bond acceptors (Lipinski definition) is 4. The maximum atomic E-state index is 12.8. The lowest BCUT2D eigenvalue weighted by Gasteiger charge is -2.26. The first-order valence-electron chi connectivity index (χ1n) is 8.31. The van der Waals surface area contributed by atoms with Gasteiger partial charge in [0, 0.05) is 20.2 Å². The van der Waals surface area contributed by atoms with E-state index in [-0.39, 0.29) is 12.0 Å². The lowest BCUT2D eigenvalue weighted by Crippen LogP contribution is -2.43. The summed E-state index contributed by atoms with van der Waals surface area (Å²) in [7, 11) is 6.08. The van der Waals surface area contributed by atoms with E-state index >= 15 is 0 Å². The third-order valence-corrected chi connectivity index (χ3v) is 5.15. The predicted molar refractivity (Wildman–Crippen MR) is 105 cm³/mol. The molecule has 0 saturated carbocycles. The van der Waals surface area contributed by atoms with Crippen LogP contribution in [0.2, 0.25) is 0 Å². The molecule has 3 rings (SSSR count). The van der Waals surface area contributed by atoms with Gasteiger partial charge in [0.1, 0.15) is 25.0 Å². The van der Waals surface area contributed by atoms with Gasteiger partial charge < -0.3 is 14.3 Å². The monoisotopic (exact) mass is 358 g/mol. The Hall–Kier alpha value is -1.95. The van der Waals surface area contributed by atoms with Crippen LogP contribution in [-0.2, 0) is 0 Å². The molecule has 0 saturated heterocycles. The molecule has 1 N–H and O–H groups in total. The molecule has 0 aliphatic heterocycles. The number of hydrogen-bond donors (Lipinski definition) is 1. The minimum Gasteiger partial charge on any atom is -0.491 e. The average Bonchev–Trinajstić information content (AvgIpc) is 2.52. The van der Waals surface area contributed by atoms with Crippen molar-refractivity contribution in [1.29, 1.82) is 0 Å². The van der Waals surface area contributed by atoms with E-state index in [2.05, 4.69) is 0 Å². The second kappa shape index (κ2) is 6.75. The van der Waals surface area contributed by atoms with Gasteiger partial charge in [-0.25, -0.2) is 0 Å². The molecule has 25 heavy (non-hydrogen) atoms. The molecule has 0 radical (unpaired) electrons. The Morgan fingerprint density at radius 3 is 2.40 bits per heavy atom. The van der Waals surface area contributed by atoms with Crippen LogP contribution in [0.4, 0.5) is 0 Å². The van der Waals surface area contributed by atoms with Crippen molar-refractivity contribution in [2.45, 2.75) is 13.0 Å². The zero-order valence-electron chi connectivity index (χ0n) is 15.1. The van der Waals surface area contributed by atoms with Crippen LogP contribution in [0.1, 0.15) is 5.56 Å². The molecule has 0 aliphatic rings. The molecule has 1 unspecified atom stereocenters. The molecule has 0 spiro atoms. The van der Waals surface area contributed by atoms with Crippen molar-refractivity contribution >= 4 is 31.5 Å². The fraction of sp³-hybridized carbons (Fsp3) is 0.350. The minimum atomic E-state index is -0.551. The molecule has 0 fully saturated rings. The fourth-order valence-electron chi connectivity index (χ4n) is 2.92. The number of quaternary nitrogens is 1. The van der Waals surface area contributed by atoms with Crippen molar-refractivity contribution in [3.05, 3.63) is 52.2 Å². The number of nitrogens with zero attached hydrogens (tertiary/aromatic N) is 1. The van der Waals surface area contributed by atoms with Crippen LogP contribution in [0.25, 0.3) is 20.2 Å². The quantitative estimate of drug-likeness (QED) is 0.563. The van der Waals surface area contributed by atoms with Gasteiger partial charge in [0.25, 0.3) is 0 Å². The highest BCUT2D eigenvalue weighted by Gasteiger charge is 2.16. The number of aliphatic hydroxyl groups excluding tert-OH is 1. The number of ether oxygens (including phenoxy) is 1. The maximum Gasteiger partial charge on any atom is 0.196 e. The van der Waals surface area contributed by atoms with E-state index < -0.39 is 6.10 Å². The summed E-state index contributed by atoms with van der Waals surface area (Å²) in [6.45, 7) is 2.81. The Bertz CT molecular complexity index is 972.